The van der Waals surface area contributed by atoms with Crippen molar-refractivity contribution in [1.29, 1.82) is 0 Å². The molecule has 0 saturated carbocycles. The van der Waals surface area contributed by atoms with Gasteiger partial charge in [-0.25, -0.2) is 0 Å². The van der Waals surface area contributed by atoms with Crippen LogP contribution in [0.15, 0.2) is 30.3 Å². The van der Waals surface area contributed by atoms with Crippen LogP contribution >= 0.6 is 0 Å². The van der Waals surface area contributed by atoms with Gasteiger partial charge in [0.05, 0.1) is 0 Å². The van der Waals surface area contributed by atoms with Crippen LogP contribution in [-0.4, -0.2) is 11.1 Å². The van der Waals surface area contributed by atoms with E-state index in [1.807, 2.05) is 26.0 Å². The number of ether oxygens (including phenoxy) is 1. The molecule has 2 aromatic rings. The fourth-order valence-electron chi connectivity index (χ4n) is 4.61. The Morgan fingerprint density at radius 2 is 1.45 bits per heavy atom. The van der Waals surface area contributed by atoms with Gasteiger partial charge in [0.25, 0.3) is 0 Å². The van der Waals surface area contributed by atoms with Gasteiger partial charge in [-0.05, 0) is 61.1 Å². The van der Waals surface area contributed by atoms with Crippen molar-refractivity contribution in [3.63, 3.8) is 0 Å². The van der Waals surface area contributed by atoms with E-state index in [0.717, 1.165) is 28.7 Å². The van der Waals surface area contributed by atoms with Crippen LogP contribution in [0.5, 0.6) is 11.5 Å². The molecule has 0 amide bonds. The lowest BCUT2D eigenvalue weighted by Gasteiger charge is -2.14. The monoisotopic (exact) mass is 422 g/mol. The largest absolute Gasteiger partial charge is 0.508 e. The van der Waals surface area contributed by atoms with Crippen molar-refractivity contribution in [3.8, 4) is 11.5 Å². The second-order valence-electron chi connectivity index (χ2n) is 9.15. The first-order valence-electron chi connectivity index (χ1n) is 12.2. The van der Waals surface area contributed by atoms with Crippen molar-refractivity contribution in [1.82, 2.24) is 0 Å². The molecule has 1 aliphatic heterocycles. The second kappa shape index (κ2) is 11.4. The number of phenolic OH excluding ortho intramolecular Hbond substituents is 1. The van der Waals surface area contributed by atoms with Crippen LogP contribution in [-0.2, 0) is 11.2 Å². The minimum atomic E-state index is -0.401. The van der Waals surface area contributed by atoms with E-state index in [1.54, 1.807) is 6.07 Å². The average molecular weight is 423 g/mol. The molecule has 3 rings (SSSR count). The lowest BCUT2D eigenvalue weighted by atomic mass is 9.87. The molecule has 1 aliphatic rings. The molecule has 3 nitrogen and oxygen atoms in total. The molecule has 31 heavy (non-hydrogen) atoms. The number of aryl methyl sites for hydroxylation is 3. The zero-order valence-corrected chi connectivity index (χ0v) is 19.5. The molecule has 0 spiro atoms. The Balaban J connectivity index is 1.54. The van der Waals surface area contributed by atoms with E-state index in [0.29, 0.717) is 5.75 Å². The third-order valence-corrected chi connectivity index (χ3v) is 6.55. The lowest BCUT2D eigenvalue weighted by molar-refractivity contribution is -0.133. The van der Waals surface area contributed by atoms with Crippen LogP contribution in [0.1, 0.15) is 105 Å². The molecular weight excluding hydrogens is 384 g/mol. The minimum absolute atomic E-state index is 0.223. The summed E-state index contributed by atoms with van der Waals surface area (Å²) in [6, 6.07) is 9.85. The molecule has 1 heterocycles. The first kappa shape index (κ1) is 23.4. The van der Waals surface area contributed by atoms with Gasteiger partial charge >= 0.3 is 5.97 Å². The normalized spacial score (nSPS) is 15.2. The Morgan fingerprint density at radius 3 is 2.13 bits per heavy atom. The van der Waals surface area contributed by atoms with E-state index in [4.69, 9.17) is 4.74 Å². The zero-order valence-electron chi connectivity index (χ0n) is 19.5. The Labute approximate surface area is 187 Å². The Hall–Kier alpha value is -2.29. The number of aromatic hydroxyl groups is 1. The van der Waals surface area contributed by atoms with Gasteiger partial charge in [0.2, 0.25) is 0 Å². The number of benzene rings is 2. The van der Waals surface area contributed by atoms with E-state index < -0.39 is 5.92 Å². The fourth-order valence-corrected chi connectivity index (χ4v) is 4.61. The number of esters is 1. The molecule has 1 unspecified atom stereocenters. The summed E-state index contributed by atoms with van der Waals surface area (Å²) in [6.07, 6.45) is 14.4. The number of hydrogen-bond donors (Lipinski definition) is 1. The number of unbranched alkanes of at least 4 members (excludes halogenated alkanes) is 9. The van der Waals surface area contributed by atoms with Crippen molar-refractivity contribution < 1.29 is 14.6 Å². The summed E-state index contributed by atoms with van der Waals surface area (Å²) < 4.78 is 5.56. The molecule has 168 valence electrons. The summed E-state index contributed by atoms with van der Waals surface area (Å²) in [6.45, 7) is 6.07. The third-order valence-electron chi connectivity index (χ3n) is 6.55. The molecule has 1 N–H and O–H groups in total. The molecule has 3 heteroatoms. The van der Waals surface area contributed by atoms with E-state index in [1.165, 1.54) is 69.8 Å². The molecule has 1 atom stereocenters. The maximum atomic E-state index is 12.7. The maximum Gasteiger partial charge on any atom is 0.323 e. The summed E-state index contributed by atoms with van der Waals surface area (Å²) in [5, 5.41) is 9.98. The highest BCUT2D eigenvalue weighted by Gasteiger charge is 2.35. The summed E-state index contributed by atoms with van der Waals surface area (Å²) in [7, 11) is 0. The lowest BCUT2D eigenvalue weighted by Crippen LogP contribution is -2.13. The van der Waals surface area contributed by atoms with Gasteiger partial charge in [-0.3, -0.25) is 4.79 Å². The molecule has 0 fully saturated rings. The van der Waals surface area contributed by atoms with Gasteiger partial charge in [-0.15, -0.1) is 0 Å². The topological polar surface area (TPSA) is 46.5 Å². The number of phenols is 1. The number of hydrogen-bond acceptors (Lipinski definition) is 3. The smallest absolute Gasteiger partial charge is 0.323 e. The number of rotatable bonds is 12. The van der Waals surface area contributed by atoms with Crippen molar-refractivity contribution >= 4 is 5.97 Å². The third kappa shape index (κ3) is 6.12. The highest BCUT2D eigenvalue weighted by Crippen LogP contribution is 2.42. The Kier molecular flexibility index (Phi) is 8.57. The van der Waals surface area contributed by atoms with Gasteiger partial charge in [-0.1, -0.05) is 82.9 Å². The summed E-state index contributed by atoms with van der Waals surface area (Å²) in [5.41, 5.74) is 4.86. The molecule has 0 aliphatic carbocycles. The number of carbonyl (C=O) groups is 1. The molecule has 0 aromatic heterocycles. The van der Waals surface area contributed by atoms with Gasteiger partial charge in [-0.2, -0.15) is 0 Å². The van der Waals surface area contributed by atoms with Crippen molar-refractivity contribution in [2.75, 3.05) is 0 Å². The van der Waals surface area contributed by atoms with E-state index in [-0.39, 0.29) is 11.7 Å². The molecular formula is C28H38O3. The van der Waals surface area contributed by atoms with Crippen LogP contribution in [0.2, 0.25) is 0 Å². The van der Waals surface area contributed by atoms with Gasteiger partial charge in [0.1, 0.15) is 17.4 Å². The van der Waals surface area contributed by atoms with E-state index >= 15 is 0 Å². The number of fused-ring (bicyclic) bond motifs is 1. The van der Waals surface area contributed by atoms with Crippen LogP contribution < -0.4 is 4.74 Å². The van der Waals surface area contributed by atoms with Crippen LogP contribution in [0.25, 0.3) is 0 Å². The first-order valence-corrected chi connectivity index (χ1v) is 12.2. The second-order valence-corrected chi connectivity index (χ2v) is 9.15. The van der Waals surface area contributed by atoms with Crippen LogP contribution in [0, 0.1) is 13.8 Å². The standard InChI is InChI=1S/C28H38O3/c1-4-5-6-7-8-9-10-11-12-13-14-22-15-16-26-24(19-22)27(28(30)31-26)23-17-21(3)25(29)18-20(23)2/h15-19,27,29H,4-14H2,1-3H3. The minimum Gasteiger partial charge on any atom is -0.508 e. The first-order chi connectivity index (χ1) is 15.0. The number of carbonyl (C=O) groups excluding carboxylic acids is 1. The Bertz CT molecular complexity index is 884. The fraction of sp³-hybridized carbons (Fsp3) is 0.536. The molecule has 0 radical (unpaired) electrons. The summed E-state index contributed by atoms with van der Waals surface area (Å²) in [5.74, 6) is 0.315. The molecule has 2 aromatic carbocycles. The molecule has 0 saturated heterocycles. The molecule has 0 bridgehead atoms. The quantitative estimate of drug-likeness (QED) is 0.218. The highest BCUT2D eigenvalue weighted by molar-refractivity contribution is 5.90. The highest BCUT2D eigenvalue weighted by atomic mass is 16.5. The van der Waals surface area contributed by atoms with E-state index in [2.05, 4.69) is 19.1 Å². The van der Waals surface area contributed by atoms with Gasteiger partial charge in [0, 0.05) is 5.56 Å². The van der Waals surface area contributed by atoms with Crippen molar-refractivity contribution in [3.05, 3.63) is 58.1 Å². The SMILES string of the molecule is CCCCCCCCCCCCc1ccc2c(c1)C(c1cc(C)c(O)cc1C)C(=O)O2. The zero-order chi connectivity index (χ0) is 22.2. The van der Waals surface area contributed by atoms with Crippen LogP contribution in [0.3, 0.4) is 0 Å². The van der Waals surface area contributed by atoms with Crippen molar-refractivity contribution in [2.45, 2.75) is 97.3 Å². The average Bonchev–Trinajstić information content (AvgIpc) is 3.07. The van der Waals surface area contributed by atoms with Crippen LogP contribution in [0.4, 0.5) is 0 Å². The summed E-state index contributed by atoms with van der Waals surface area (Å²) >= 11 is 0. The maximum absolute atomic E-state index is 12.7. The predicted octanol–water partition coefficient (Wildman–Crippen LogP) is 7.52. The van der Waals surface area contributed by atoms with Crippen molar-refractivity contribution in [2.24, 2.45) is 0 Å². The van der Waals surface area contributed by atoms with Gasteiger partial charge < -0.3 is 9.84 Å². The predicted molar refractivity (Wildman–Crippen MR) is 127 cm³/mol. The van der Waals surface area contributed by atoms with Gasteiger partial charge in [0.15, 0.2) is 0 Å². The summed E-state index contributed by atoms with van der Waals surface area (Å²) in [4.78, 5) is 12.7. The Morgan fingerprint density at radius 1 is 0.806 bits per heavy atom. The van der Waals surface area contributed by atoms with E-state index in [9.17, 15) is 9.90 Å².